The third-order valence-electron chi connectivity index (χ3n) is 5.68. The van der Waals surface area contributed by atoms with Crippen molar-refractivity contribution in [3.05, 3.63) is 101 Å². The van der Waals surface area contributed by atoms with Gasteiger partial charge in [0.15, 0.2) is 11.0 Å². The first-order chi connectivity index (χ1) is 20.1. The fourth-order valence-electron chi connectivity index (χ4n) is 3.77. The molecule has 218 valence electrons. The monoisotopic (exact) mass is 601 g/mol. The molecule has 2 N–H and O–H groups in total. The minimum Gasteiger partial charge on any atom is -0.462 e. The van der Waals surface area contributed by atoms with E-state index in [1.54, 1.807) is 19.1 Å². The Hall–Kier alpha value is -4.72. The molecule has 14 heteroatoms. The first-order valence-electron chi connectivity index (χ1n) is 12.4. The summed E-state index contributed by atoms with van der Waals surface area (Å²) >= 11 is 0.993. The summed E-state index contributed by atoms with van der Waals surface area (Å²) < 4.78 is 60.1. The standard InChI is InChI=1S/C28H23F4N5O4S/c1-2-41-26(40)17-7-11-19(12-8-17)34-24(38)16-42-27-36-35-23(37(27)20-13-9-18(29)10-14-20)15-33-25(39)21-5-3-4-6-22(21)28(30,31)32/h3-14H,2,15-16H2,1H3,(H,33,39)(H,34,38). The molecule has 0 radical (unpaired) electrons. The van der Waals surface area contributed by atoms with E-state index in [1.807, 2.05) is 0 Å². The van der Waals surface area contributed by atoms with Gasteiger partial charge >= 0.3 is 12.1 Å². The number of hydrogen-bond acceptors (Lipinski definition) is 7. The minimum absolute atomic E-state index is 0.121. The predicted molar refractivity (Wildman–Crippen MR) is 146 cm³/mol. The van der Waals surface area contributed by atoms with Crippen molar-refractivity contribution in [2.45, 2.75) is 24.8 Å². The topological polar surface area (TPSA) is 115 Å². The molecule has 0 aliphatic carbocycles. The van der Waals surface area contributed by atoms with Gasteiger partial charge < -0.3 is 15.4 Å². The number of alkyl halides is 3. The van der Waals surface area contributed by atoms with Crippen molar-refractivity contribution in [1.82, 2.24) is 20.1 Å². The molecule has 4 aromatic rings. The predicted octanol–water partition coefficient (Wildman–Crippen LogP) is 5.26. The molecule has 42 heavy (non-hydrogen) atoms. The summed E-state index contributed by atoms with van der Waals surface area (Å²) in [6.07, 6.45) is -4.73. The number of ether oxygens (including phenoxy) is 1. The van der Waals surface area contributed by atoms with Gasteiger partial charge in [0.2, 0.25) is 5.91 Å². The number of carbonyl (C=O) groups is 3. The Morgan fingerprint density at radius 1 is 0.952 bits per heavy atom. The zero-order chi connectivity index (χ0) is 30.3. The number of thioether (sulfide) groups is 1. The quantitative estimate of drug-likeness (QED) is 0.145. The number of halogens is 4. The van der Waals surface area contributed by atoms with Crippen LogP contribution >= 0.6 is 11.8 Å². The Kier molecular flexibility index (Phi) is 9.57. The van der Waals surface area contributed by atoms with Crippen LogP contribution in [0.15, 0.2) is 78.0 Å². The zero-order valence-electron chi connectivity index (χ0n) is 21.9. The van der Waals surface area contributed by atoms with Crippen molar-refractivity contribution < 1.29 is 36.7 Å². The largest absolute Gasteiger partial charge is 0.462 e. The van der Waals surface area contributed by atoms with E-state index in [4.69, 9.17) is 4.74 Å². The summed E-state index contributed by atoms with van der Waals surface area (Å²) in [6.45, 7) is 1.62. The first kappa shape index (κ1) is 30.2. The van der Waals surface area contributed by atoms with E-state index < -0.39 is 40.9 Å². The van der Waals surface area contributed by atoms with E-state index in [-0.39, 0.29) is 29.9 Å². The maximum atomic E-state index is 13.6. The summed E-state index contributed by atoms with van der Waals surface area (Å²) in [7, 11) is 0. The van der Waals surface area contributed by atoms with E-state index in [2.05, 4.69) is 20.8 Å². The van der Waals surface area contributed by atoms with Gasteiger partial charge in [0.25, 0.3) is 5.91 Å². The van der Waals surface area contributed by atoms with Gasteiger partial charge in [-0.05, 0) is 67.6 Å². The van der Waals surface area contributed by atoms with Crippen LogP contribution in [0, 0.1) is 5.82 Å². The highest BCUT2D eigenvalue weighted by Gasteiger charge is 2.34. The van der Waals surface area contributed by atoms with Crippen molar-refractivity contribution in [2.75, 3.05) is 17.7 Å². The number of anilines is 1. The maximum absolute atomic E-state index is 13.6. The molecular formula is C28H23F4N5O4S. The van der Waals surface area contributed by atoms with Gasteiger partial charge in [-0.3, -0.25) is 14.2 Å². The molecular weight excluding hydrogens is 578 g/mol. The second kappa shape index (κ2) is 13.3. The molecule has 0 bridgehead atoms. The van der Waals surface area contributed by atoms with Crippen molar-refractivity contribution in [2.24, 2.45) is 0 Å². The average Bonchev–Trinajstić information content (AvgIpc) is 3.38. The number of aromatic nitrogens is 3. The molecule has 0 unspecified atom stereocenters. The van der Waals surface area contributed by atoms with Gasteiger partial charge in [-0.15, -0.1) is 10.2 Å². The zero-order valence-corrected chi connectivity index (χ0v) is 22.8. The number of esters is 1. The molecule has 0 spiro atoms. The van der Waals surface area contributed by atoms with Gasteiger partial charge in [0.1, 0.15) is 5.82 Å². The van der Waals surface area contributed by atoms with Gasteiger partial charge in [-0.1, -0.05) is 23.9 Å². The summed E-state index contributed by atoms with van der Waals surface area (Å²) in [6, 6.07) is 15.7. The smallest absolute Gasteiger partial charge is 0.417 e. The van der Waals surface area contributed by atoms with Crippen LogP contribution in [0.1, 0.15) is 39.0 Å². The average molecular weight is 602 g/mol. The molecule has 0 fully saturated rings. The number of rotatable bonds is 10. The lowest BCUT2D eigenvalue weighted by Gasteiger charge is -2.13. The fourth-order valence-corrected chi connectivity index (χ4v) is 4.54. The van der Waals surface area contributed by atoms with Crippen LogP contribution in [-0.4, -0.2) is 44.9 Å². The van der Waals surface area contributed by atoms with Crippen molar-refractivity contribution in [3.8, 4) is 5.69 Å². The molecule has 1 heterocycles. The van der Waals surface area contributed by atoms with Crippen LogP contribution in [-0.2, 0) is 22.3 Å². The second-order valence-corrected chi connectivity index (χ2v) is 9.51. The van der Waals surface area contributed by atoms with E-state index >= 15 is 0 Å². The van der Waals surface area contributed by atoms with Crippen LogP contribution < -0.4 is 10.6 Å². The van der Waals surface area contributed by atoms with Crippen LogP contribution in [0.5, 0.6) is 0 Å². The Balaban J connectivity index is 1.48. The van der Waals surface area contributed by atoms with Crippen LogP contribution in [0.2, 0.25) is 0 Å². The lowest BCUT2D eigenvalue weighted by molar-refractivity contribution is -0.138. The molecule has 0 saturated heterocycles. The van der Waals surface area contributed by atoms with E-state index in [0.29, 0.717) is 16.9 Å². The van der Waals surface area contributed by atoms with Crippen LogP contribution in [0.25, 0.3) is 5.69 Å². The number of nitrogens with zero attached hydrogens (tertiary/aromatic N) is 3. The number of benzene rings is 3. The third kappa shape index (κ3) is 7.51. The Bertz CT molecular complexity index is 1570. The Morgan fingerprint density at radius 2 is 1.64 bits per heavy atom. The molecule has 0 atom stereocenters. The molecule has 0 aliphatic rings. The van der Waals surface area contributed by atoms with Crippen molar-refractivity contribution in [1.29, 1.82) is 0 Å². The Labute approximate surface area is 241 Å². The van der Waals surface area contributed by atoms with Crippen molar-refractivity contribution >= 4 is 35.2 Å². The third-order valence-corrected chi connectivity index (χ3v) is 6.61. The van der Waals surface area contributed by atoms with Crippen LogP contribution in [0.3, 0.4) is 0 Å². The van der Waals surface area contributed by atoms with Gasteiger partial charge in [0, 0.05) is 11.4 Å². The SMILES string of the molecule is CCOC(=O)c1ccc(NC(=O)CSc2nnc(CNC(=O)c3ccccc3C(F)(F)F)n2-c2ccc(F)cc2)cc1. The van der Waals surface area contributed by atoms with Gasteiger partial charge in [0.05, 0.1) is 35.6 Å². The minimum atomic E-state index is -4.73. The molecule has 4 rings (SSSR count). The lowest BCUT2D eigenvalue weighted by Crippen LogP contribution is -2.27. The van der Waals surface area contributed by atoms with Crippen LogP contribution in [0.4, 0.5) is 23.2 Å². The molecule has 2 amide bonds. The summed E-state index contributed by atoms with van der Waals surface area (Å²) in [5.74, 6) is -2.35. The highest BCUT2D eigenvalue weighted by Crippen LogP contribution is 2.32. The highest BCUT2D eigenvalue weighted by atomic mass is 32.2. The normalized spacial score (nSPS) is 11.2. The fraction of sp³-hybridized carbons (Fsp3) is 0.179. The summed E-state index contributed by atoms with van der Waals surface area (Å²) in [5.41, 5.74) is -0.465. The van der Waals surface area contributed by atoms with Crippen molar-refractivity contribution in [3.63, 3.8) is 0 Å². The number of hydrogen-bond donors (Lipinski definition) is 2. The first-order valence-corrected chi connectivity index (χ1v) is 13.4. The number of nitrogens with one attached hydrogen (secondary N) is 2. The maximum Gasteiger partial charge on any atom is 0.417 e. The highest BCUT2D eigenvalue weighted by molar-refractivity contribution is 7.99. The van der Waals surface area contributed by atoms with E-state index in [9.17, 15) is 31.9 Å². The molecule has 3 aromatic carbocycles. The summed E-state index contributed by atoms with van der Waals surface area (Å²) in [5, 5.41) is 13.4. The molecule has 0 saturated carbocycles. The van der Waals surface area contributed by atoms with E-state index in [1.165, 1.54) is 53.1 Å². The second-order valence-electron chi connectivity index (χ2n) is 8.57. The number of amides is 2. The van der Waals surface area contributed by atoms with Gasteiger partial charge in [-0.25, -0.2) is 9.18 Å². The molecule has 1 aromatic heterocycles. The Morgan fingerprint density at radius 3 is 2.31 bits per heavy atom. The lowest BCUT2D eigenvalue weighted by atomic mass is 10.1. The summed E-state index contributed by atoms with van der Waals surface area (Å²) in [4.78, 5) is 37.1. The number of carbonyl (C=O) groups excluding carboxylic acids is 3. The van der Waals surface area contributed by atoms with E-state index in [0.717, 1.165) is 23.9 Å². The molecule has 0 aliphatic heterocycles. The molecule has 9 nitrogen and oxygen atoms in total. The van der Waals surface area contributed by atoms with Gasteiger partial charge in [-0.2, -0.15) is 13.2 Å².